The Bertz CT molecular complexity index is 897. The van der Waals surface area contributed by atoms with Crippen molar-refractivity contribution in [1.29, 1.82) is 0 Å². The summed E-state index contributed by atoms with van der Waals surface area (Å²) in [5.41, 5.74) is 2.39. The Labute approximate surface area is 140 Å². The molecule has 4 rings (SSSR count). The third-order valence-electron chi connectivity index (χ3n) is 3.70. The Morgan fingerprint density at radius 2 is 2.17 bits per heavy atom. The van der Waals surface area contributed by atoms with E-state index in [-0.39, 0.29) is 11.2 Å². The van der Waals surface area contributed by atoms with Crippen molar-refractivity contribution < 1.29 is 13.5 Å². The number of hydrogen-bond donors (Lipinski definition) is 0. The van der Waals surface area contributed by atoms with Gasteiger partial charge < -0.3 is 4.74 Å². The molecule has 0 aromatic carbocycles. The van der Waals surface area contributed by atoms with Gasteiger partial charge in [0, 0.05) is 18.2 Å². The van der Waals surface area contributed by atoms with Crippen LogP contribution in [0.3, 0.4) is 0 Å². The lowest BCUT2D eigenvalue weighted by atomic mass is 10.2. The normalized spacial score (nSPS) is 14.5. The van der Waals surface area contributed by atoms with Crippen LogP contribution in [0, 0.1) is 0 Å². The fraction of sp³-hybridized carbons (Fsp3) is 0.333. The molecule has 0 N–H and O–H groups in total. The fourth-order valence-corrected chi connectivity index (χ4v) is 2.62. The van der Waals surface area contributed by atoms with E-state index in [9.17, 15) is 8.78 Å². The zero-order valence-corrected chi connectivity index (χ0v) is 13.1. The summed E-state index contributed by atoms with van der Waals surface area (Å²) in [5.74, 6) is 0.592. The molecule has 0 spiro atoms. The van der Waals surface area contributed by atoms with Crippen LogP contribution in [-0.4, -0.2) is 37.6 Å². The van der Waals surface area contributed by atoms with Crippen molar-refractivity contribution in [3.63, 3.8) is 0 Å². The third kappa shape index (κ3) is 2.89. The minimum atomic E-state index is -2.54. The van der Waals surface area contributed by atoms with Crippen LogP contribution in [0.15, 0.2) is 24.5 Å². The SMILES string of the molecule is FC(F)COc1cc2ncc(-c3ccnc(Cl)n3)n2nc1C1CC1. The second-order valence-corrected chi connectivity index (χ2v) is 5.83. The second kappa shape index (κ2) is 5.94. The van der Waals surface area contributed by atoms with Crippen molar-refractivity contribution in [3.8, 4) is 17.1 Å². The minimum Gasteiger partial charge on any atom is -0.485 e. The van der Waals surface area contributed by atoms with Gasteiger partial charge in [0.2, 0.25) is 5.28 Å². The van der Waals surface area contributed by atoms with Crippen molar-refractivity contribution in [3.05, 3.63) is 35.5 Å². The zero-order chi connectivity index (χ0) is 16.7. The van der Waals surface area contributed by atoms with Crippen LogP contribution in [0.25, 0.3) is 17.0 Å². The predicted molar refractivity (Wildman–Crippen MR) is 82.5 cm³/mol. The first-order valence-electron chi connectivity index (χ1n) is 7.40. The Kier molecular flexibility index (Phi) is 3.76. The maximum atomic E-state index is 12.5. The zero-order valence-electron chi connectivity index (χ0n) is 12.4. The largest absolute Gasteiger partial charge is 0.485 e. The van der Waals surface area contributed by atoms with E-state index in [0.29, 0.717) is 28.5 Å². The molecule has 6 nitrogen and oxygen atoms in total. The molecule has 0 bridgehead atoms. The third-order valence-corrected chi connectivity index (χ3v) is 3.88. The van der Waals surface area contributed by atoms with Crippen LogP contribution in [0.1, 0.15) is 24.5 Å². The molecule has 0 aliphatic heterocycles. The number of fused-ring (bicyclic) bond motifs is 1. The van der Waals surface area contributed by atoms with E-state index in [1.807, 2.05) is 0 Å². The standard InChI is InChI=1S/C15H12ClF2N5O/c16-15-19-4-3-9(21-15)10-6-20-13-5-11(24-7-12(17)18)14(8-1-2-8)22-23(10)13/h3-6,8,12H,1-2,7H2. The fourth-order valence-electron chi connectivity index (χ4n) is 2.47. The first kappa shape index (κ1) is 15.2. The van der Waals surface area contributed by atoms with Crippen molar-refractivity contribution in [2.45, 2.75) is 25.2 Å². The molecule has 24 heavy (non-hydrogen) atoms. The summed E-state index contributed by atoms with van der Waals surface area (Å²) in [6, 6.07) is 3.34. The summed E-state index contributed by atoms with van der Waals surface area (Å²) in [6.07, 6.45) is 2.55. The Hall–Kier alpha value is -2.35. The van der Waals surface area contributed by atoms with Crippen LogP contribution in [0.5, 0.6) is 5.75 Å². The molecule has 1 aliphatic rings. The maximum absolute atomic E-state index is 12.5. The van der Waals surface area contributed by atoms with E-state index in [2.05, 4.69) is 20.1 Å². The number of ether oxygens (including phenoxy) is 1. The molecule has 0 amide bonds. The number of aromatic nitrogens is 5. The summed E-state index contributed by atoms with van der Waals surface area (Å²) in [4.78, 5) is 12.3. The average molecular weight is 352 g/mol. The molecule has 124 valence electrons. The van der Waals surface area contributed by atoms with Gasteiger partial charge in [-0.2, -0.15) is 5.10 Å². The first-order valence-corrected chi connectivity index (χ1v) is 7.78. The average Bonchev–Trinajstić information content (AvgIpc) is 3.32. The minimum absolute atomic E-state index is 0.127. The quantitative estimate of drug-likeness (QED) is 0.659. The van der Waals surface area contributed by atoms with Gasteiger partial charge in [0.05, 0.1) is 11.9 Å². The summed E-state index contributed by atoms with van der Waals surface area (Å²) < 4.78 is 31.8. The van der Waals surface area contributed by atoms with Crippen LogP contribution in [0.4, 0.5) is 8.78 Å². The van der Waals surface area contributed by atoms with Gasteiger partial charge in [-0.25, -0.2) is 28.2 Å². The second-order valence-electron chi connectivity index (χ2n) is 5.49. The molecular formula is C15H12ClF2N5O. The number of halogens is 3. The van der Waals surface area contributed by atoms with E-state index in [1.165, 1.54) is 0 Å². The predicted octanol–water partition coefficient (Wildman–Crippen LogP) is 3.36. The maximum Gasteiger partial charge on any atom is 0.272 e. The Morgan fingerprint density at radius 1 is 1.33 bits per heavy atom. The summed E-state index contributed by atoms with van der Waals surface area (Å²) in [6.45, 7) is -0.660. The van der Waals surface area contributed by atoms with Gasteiger partial charge in [-0.05, 0) is 30.5 Å². The van der Waals surface area contributed by atoms with E-state index in [0.717, 1.165) is 12.8 Å². The molecule has 0 radical (unpaired) electrons. The Morgan fingerprint density at radius 3 is 2.88 bits per heavy atom. The molecule has 1 aliphatic carbocycles. The van der Waals surface area contributed by atoms with Crippen LogP contribution >= 0.6 is 11.6 Å². The monoisotopic (exact) mass is 351 g/mol. The van der Waals surface area contributed by atoms with Crippen molar-refractivity contribution in [2.75, 3.05) is 6.61 Å². The highest BCUT2D eigenvalue weighted by molar-refractivity contribution is 6.28. The van der Waals surface area contributed by atoms with Gasteiger partial charge in [0.15, 0.2) is 5.65 Å². The van der Waals surface area contributed by atoms with Gasteiger partial charge in [-0.3, -0.25) is 0 Å². The Balaban J connectivity index is 1.80. The number of alkyl halides is 2. The van der Waals surface area contributed by atoms with Crippen LogP contribution in [0.2, 0.25) is 5.28 Å². The van der Waals surface area contributed by atoms with E-state index >= 15 is 0 Å². The summed E-state index contributed by atoms with van der Waals surface area (Å²) >= 11 is 5.84. The number of rotatable bonds is 5. The molecule has 0 atom stereocenters. The molecule has 3 aromatic rings. The highest BCUT2D eigenvalue weighted by atomic mass is 35.5. The van der Waals surface area contributed by atoms with E-state index in [4.69, 9.17) is 16.3 Å². The smallest absolute Gasteiger partial charge is 0.272 e. The molecule has 0 saturated heterocycles. The first-order chi connectivity index (χ1) is 11.6. The van der Waals surface area contributed by atoms with Gasteiger partial charge in [-0.1, -0.05) is 0 Å². The van der Waals surface area contributed by atoms with Crippen molar-refractivity contribution in [1.82, 2.24) is 24.6 Å². The lowest BCUT2D eigenvalue weighted by Crippen LogP contribution is -2.10. The van der Waals surface area contributed by atoms with Crippen molar-refractivity contribution in [2.24, 2.45) is 0 Å². The number of hydrogen-bond acceptors (Lipinski definition) is 5. The highest BCUT2D eigenvalue weighted by Gasteiger charge is 2.30. The lowest BCUT2D eigenvalue weighted by Gasteiger charge is -2.11. The van der Waals surface area contributed by atoms with Gasteiger partial charge in [0.25, 0.3) is 6.43 Å². The summed E-state index contributed by atoms with van der Waals surface area (Å²) in [7, 11) is 0. The number of imidazole rings is 1. The molecule has 1 saturated carbocycles. The molecule has 3 heterocycles. The van der Waals surface area contributed by atoms with Crippen LogP contribution < -0.4 is 4.74 Å². The molecule has 0 unspecified atom stereocenters. The van der Waals surface area contributed by atoms with Crippen LogP contribution in [-0.2, 0) is 0 Å². The topological polar surface area (TPSA) is 65.2 Å². The van der Waals surface area contributed by atoms with E-state index in [1.54, 1.807) is 29.0 Å². The summed E-state index contributed by atoms with van der Waals surface area (Å²) in [5, 5.41) is 4.69. The molecule has 1 fully saturated rings. The van der Waals surface area contributed by atoms with Gasteiger partial charge in [0.1, 0.15) is 23.7 Å². The van der Waals surface area contributed by atoms with Gasteiger partial charge >= 0.3 is 0 Å². The van der Waals surface area contributed by atoms with Crippen molar-refractivity contribution >= 4 is 17.2 Å². The molecule has 3 aromatic heterocycles. The molecular weight excluding hydrogens is 340 g/mol. The van der Waals surface area contributed by atoms with E-state index < -0.39 is 13.0 Å². The lowest BCUT2D eigenvalue weighted by molar-refractivity contribution is 0.0811. The number of nitrogens with zero attached hydrogens (tertiary/aromatic N) is 5. The molecule has 9 heteroatoms. The highest BCUT2D eigenvalue weighted by Crippen LogP contribution is 2.43. The van der Waals surface area contributed by atoms with Gasteiger partial charge in [-0.15, -0.1) is 0 Å².